The maximum atomic E-state index is 7.31. The molecule has 500 valence electrons. The van der Waals surface area contributed by atoms with Gasteiger partial charge in [-0.15, -0.1) is 0 Å². The van der Waals surface area contributed by atoms with Crippen molar-refractivity contribution in [2.75, 3.05) is 14.2 Å². The molecule has 0 aliphatic heterocycles. The molecule has 1 aliphatic carbocycles. The molecule has 14 aromatic rings. The zero-order valence-corrected chi connectivity index (χ0v) is 61.0. The number of benzene rings is 12. The molecule has 1 aliphatic rings. The third-order valence-electron chi connectivity index (χ3n) is 21.2. The molecule has 0 saturated heterocycles. The van der Waals surface area contributed by atoms with Gasteiger partial charge in [0.1, 0.15) is 23.7 Å². The van der Waals surface area contributed by atoms with Crippen LogP contribution in [-0.4, -0.2) is 35.6 Å². The van der Waals surface area contributed by atoms with Crippen LogP contribution in [0.2, 0.25) is 0 Å². The van der Waals surface area contributed by atoms with E-state index in [4.69, 9.17) is 18.9 Å². The van der Waals surface area contributed by atoms with E-state index < -0.39 is 0 Å². The smallest absolute Gasteiger partial charge is 0.150 e. The highest BCUT2D eigenvalue weighted by Gasteiger charge is 2.30. The topological polar surface area (TPSA) is 46.8 Å². The number of ether oxygens (including phenoxy) is 4. The number of aromatic nitrogens is 2. The van der Waals surface area contributed by atoms with Gasteiger partial charge in [0, 0.05) is 50.2 Å². The molecule has 6 heteroatoms. The van der Waals surface area contributed by atoms with Crippen LogP contribution in [0.4, 0.5) is 0 Å². The van der Waals surface area contributed by atoms with Gasteiger partial charge in [0.2, 0.25) is 0 Å². The summed E-state index contributed by atoms with van der Waals surface area (Å²) in [5.41, 5.74) is 37.9. The fraction of sp³-hybridized carbons (Fsp3) is 0.234. The van der Waals surface area contributed by atoms with Gasteiger partial charge in [-0.05, 0) is 301 Å². The second-order valence-corrected chi connectivity index (χ2v) is 29.1. The van der Waals surface area contributed by atoms with Gasteiger partial charge in [-0.2, -0.15) is 0 Å². The molecule has 100 heavy (non-hydrogen) atoms. The Morgan fingerprint density at radius 3 is 0.840 bits per heavy atom. The first kappa shape index (κ1) is 65.4. The molecule has 15 rings (SSSR count). The van der Waals surface area contributed by atoms with Crippen molar-refractivity contribution in [2.45, 2.75) is 135 Å². The number of methoxy groups -OCH3 is 2. The Labute approximate surface area is 590 Å². The van der Waals surface area contributed by atoms with Crippen molar-refractivity contribution in [1.82, 2.24) is 9.13 Å². The van der Waals surface area contributed by atoms with Gasteiger partial charge < -0.3 is 28.1 Å². The predicted molar refractivity (Wildman–Crippen MR) is 421 cm³/mol. The highest BCUT2D eigenvalue weighted by Crippen LogP contribution is 2.49. The number of aryl methyl sites for hydroxylation is 14. The van der Waals surface area contributed by atoms with E-state index in [1.165, 1.54) is 133 Å². The molecule has 0 amide bonds. The molecule has 2 heterocycles. The fourth-order valence-electron chi connectivity index (χ4n) is 17.7. The Kier molecular flexibility index (Phi) is 17.0. The predicted octanol–water partition coefficient (Wildman–Crippen LogP) is 25.0. The molecule has 2 atom stereocenters. The minimum atomic E-state index is -0.0983. The van der Waals surface area contributed by atoms with Crippen LogP contribution in [0, 0.1) is 96.9 Å². The Morgan fingerprint density at radius 2 is 0.560 bits per heavy atom. The molecule has 0 spiro atoms. The van der Waals surface area contributed by atoms with Gasteiger partial charge in [-0.3, -0.25) is 0 Å². The van der Waals surface area contributed by atoms with Gasteiger partial charge >= 0.3 is 0 Å². The quantitative estimate of drug-likeness (QED) is 0.109. The first-order chi connectivity index (χ1) is 48.2. The SMILES string of the molecule is COc1c(-c2ccccc2O[C@@H]2CCC[C@H](Oc3ccccc3-c3cc(C)cc(-n4c5ccc(-c6c(C)cc(C)cc6C)cc5c5cc(-c6c(C)cc(C)cc6C)ccc54)c3OC)C2)cc(C)cc1-n1c2ccc(-c3c(C)cc(C)cc3C)cc2c2cc(-c3c(C)cc(C)cc3C)ccc21. The van der Waals surface area contributed by atoms with Gasteiger partial charge in [0.15, 0.2) is 11.5 Å². The van der Waals surface area contributed by atoms with E-state index in [-0.39, 0.29) is 12.2 Å². The Hall–Kier alpha value is -10.6. The molecule has 2 aromatic heterocycles. The summed E-state index contributed by atoms with van der Waals surface area (Å²) in [5.74, 6) is 3.21. The monoisotopic (exact) mass is 1310 g/mol. The van der Waals surface area contributed by atoms with E-state index in [0.29, 0.717) is 0 Å². The summed E-state index contributed by atoms with van der Waals surface area (Å²) in [7, 11) is 3.62. The number of fused-ring (bicyclic) bond motifs is 6. The second kappa shape index (κ2) is 25.9. The largest absolute Gasteiger partial charge is 0.494 e. The molecule has 0 radical (unpaired) electrons. The van der Waals surface area contributed by atoms with Gasteiger partial charge in [0.05, 0.1) is 47.7 Å². The maximum absolute atomic E-state index is 7.31. The van der Waals surface area contributed by atoms with E-state index in [9.17, 15) is 0 Å². The van der Waals surface area contributed by atoms with Gasteiger partial charge in [-0.1, -0.05) is 131 Å². The zero-order chi connectivity index (χ0) is 69.7. The van der Waals surface area contributed by atoms with Gasteiger partial charge in [-0.25, -0.2) is 0 Å². The van der Waals surface area contributed by atoms with Crippen LogP contribution in [0.5, 0.6) is 23.0 Å². The lowest BCUT2D eigenvalue weighted by atomic mass is 9.91. The van der Waals surface area contributed by atoms with Crippen molar-refractivity contribution in [3.63, 3.8) is 0 Å². The van der Waals surface area contributed by atoms with Crippen LogP contribution in [0.25, 0.3) is 122 Å². The van der Waals surface area contributed by atoms with Crippen molar-refractivity contribution in [3.8, 4) is 101 Å². The van der Waals surface area contributed by atoms with Crippen LogP contribution in [-0.2, 0) is 0 Å². The normalized spacial score (nSPS) is 14.0. The first-order valence-corrected chi connectivity index (χ1v) is 35.6. The number of hydrogen-bond donors (Lipinski definition) is 0. The van der Waals surface area contributed by atoms with Crippen LogP contribution < -0.4 is 18.9 Å². The van der Waals surface area contributed by atoms with Crippen molar-refractivity contribution in [1.29, 1.82) is 0 Å². The lowest BCUT2D eigenvalue weighted by molar-refractivity contribution is 0.0686. The van der Waals surface area contributed by atoms with Crippen molar-refractivity contribution >= 4 is 43.6 Å². The molecular weight excluding hydrogens is 1220 g/mol. The lowest BCUT2D eigenvalue weighted by Crippen LogP contribution is -2.32. The van der Waals surface area contributed by atoms with E-state index in [1.54, 1.807) is 0 Å². The van der Waals surface area contributed by atoms with Crippen LogP contribution in [0.15, 0.2) is 194 Å². The lowest BCUT2D eigenvalue weighted by Gasteiger charge is -2.31. The molecule has 0 bridgehead atoms. The second-order valence-electron chi connectivity index (χ2n) is 29.1. The Balaban J connectivity index is 0.774. The number of hydrogen-bond acceptors (Lipinski definition) is 4. The molecule has 0 N–H and O–H groups in total. The van der Waals surface area contributed by atoms with E-state index in [0.717, 1.165) is 116 Å². The zero-order valence-electron chi connectivity index (χ0n) is 61.0. The Morgan fingerprint density at radius 1 is 0.290 bits per heavy atom. The number of para-hydroxylation sites is 2. The summed E-state index contributed by atoms with van der Waals surface area (Å²) in [6, 6.07) is 72.6. The number of nitrogens with zero attached hydrogens (tertiary/aromatic N) is 2. The molecule has 12 aromatic carbocycles. The van der Waals surface area contributed by atoms with E-state index in [1.807, 2.05) is 14.2 Å². The third kappa shape index (κ3) is 11.6. The maximum Gasteiger partial charge on any atom is 0.150 e. The Bertz CT molecular complexity index is 4990. The molecular formula is C94H90N2O4. The summed E-state index contributed by atoms with van der Waals surface area (Å²) in [6.45, 7) is 31.0. The molecule has 1 fully saturated rings. The molecule has 6 nitrogen and oxygen atoms in total. The summed E-state index contributed by atoms with van der Waals surface area (Å²) in [5, 5.41) is 4.78. The average molecular weight is 1310 g/mol. The number of rotatable bonds is 14. The van der Waals surface area contributed by atoms with Crippen molar-refractivity contribution in [3.05, 3.63) is 272 Å². The van der Waals surface area contributed by atoms with Crippen LogP contribution >= 0.6 is 0 Å². The summed E-state index contributed by atoms with van der Waals surface area (Å²) < 4.78 is 32.9. The molecule has 1 saturated carbocycles. The third-order valence-corrected chi connectivity index (χ3v) is 21.2. The van der Waals surface area contributed by atoms with E-state index in [2.05, 4.69) is 300 Å². The fourth-order valence-corrected chi connectivity index (χ4v) is 17.7. The van der Waals surface area contributed by atoms with E-state index >= 15 is 0 Å². The summed E-state index contributed by atoms with van der Waals surface area (Å²) in [6.07, 6.45) is 3.30. The van der Waals surface area contributed by atoms with Crippen LogP contribution in [0.1, 0.15) is 104 Å². The standard InChI is InChI=1S/C94H90N2O4/c1-53-36-59(7)89(60(8)37-53)67-28-32-81-75(48-67)76-49-68(90-61(9)38-54(2)39-62(90)10)29-33-82(76)95(81)85-46-57(5)44-79(93(85)97-15)73-24-17-19-26-87(73)99-71-22-21-23-72(52-71)100-88-27-20-18-25-74(88)80-45-58(6)47-86(94(80)98-16)96-83-34-30-69(91-63(11)40-55(3)41-64(91)12)50-77(83)78-51-70(31-35-84(78)96)92-65(13)42-56(4)43-66(92)14/h17-20,24-51,71-72H,21-23,52H2,1-16H3/t71-,72+. The minimum absolute atomic E-state index is 0.0983. The first-order valence-electron chi connectivity index (χ1n) is 35.6. The van der Waals surface area contributed by atoms with Crippen LogP contribution in [0.3, 0.4) is 0 Å². The highest BCUT2D eigenvalue weighted by atomic mass is 16.5. The van der Waals surface area contributed by atoms with Crippen molar-refractivity contribution in [2.24, 2.45) is 0 Å². The summed E-state index contributed by atoms with van der Waals surface area (Å²) >= 11 is 0. The van der Waals surface area contributed by atoms with Crippen molar-refractivity contribution < 1.29 is 18.9 Å². The van der Waals surface area contributed by atoms with Gasteiger partial charge in [0.25, 0.3) is 0 Å². The molecule has 0 unspecified atom stereocenters. The highest BCUT2D eigenvalue weighted by molar-refractivity contribution is 6.14. The minimum Gasteiger partial charge on any atom is -0.494 e. The average Bonchev–Trinajstić information content (AvgIpc) is 1.57. The summed E-state index contributed by atoms with van der Waals surface area (Å²) in [4.78, 5) is 0.